The van der Waals surface area contributed by atoms with E-state index in [-0.39, 0.29) is 0 Å². The number of aromatic nitrogens is 1. The first-order valence-electron chi connectivity index (χ1n) is 5.66. The van der Waals surface area contributed by atoms with Gasteiger partial charge in [0, 0.05) is 17.3 Å². The van der Waals surface area contributed by atoms with E-state index >= 15 is 0 Å². The van der Waals surface area contributed by atoms with Gasteiger partial charge in [-0.05, 0) is 42.3 Å². The zero-order valence-corrected chi connectivity index (χ0v) is 9.83. The average Bonchev–Trinajstić information content (AvgIpc) is 2.82. The van der Waals surface area contributed by atoms with Gasteiger partial charge >= 0.3 is 0 Å². The molecule has 0 radical (unpaired) electrons. The summed E-state index contributed by atoms with van der Waals surface area (Å²) in [6.45, 7) is 0. The van der Waals surface area contributed by atoms with Crippen molar-refractivity contribution >= 4 is 17.0 Å². The summed E-state index contributed by atoms with van der Waals surface area (Å²) >= 11 is 1.73. The second kappa shape index (κ2) is 4.26. The molecule has 16 heavy (non-hydrogen) atoms. The van der Waals surface area contributed by atoms with Crippen LogP contribution in [0.1, 0.15) is 30.1 Å². The zero-order chi connectivity index (χ0) is 10.8. The third-order valence-corrected chi connectivity index (χ3v) is 3.74. The van der Waals surface area contributed by atoms with E-state index in [1.54, 1.807) is 11.3 Å². The Morgan fingerprint density at radius 2 is 2.38 bits per heavy atom. The number of nitrogens with one attached hydrogen (secondary N) is 1. The summed E-state index contributed by atoms with van der Waals surface area (Å²) < 4.78 is 0. The van der Waals surface area contributed by atoms with Crippen LogP contribution in [-0.4, -0.2) is 4.98 Å². The van der Waals surface area contributed by atoms with Gasteiger partial charge in [-0.25, -0.2) is 0 Å². The number of hydrogen-bond acceptors (Lipinski definition) is 3. The van der Waals surface area contributed by atoms with E-state index in [1.807, 2.05) is 12.3 Å². The predicted molar refractivity (Wildman–Crippen MR) is 67.9 cm³/mol. The maximum absolute atomic E-state index is 4.52. The lowest BCUT2D eigenvalue weighted by atomic mass is 9.92. The highest BCUT2D eigenvalue weighted by Gasteiger charge is 2.20. The van der Waals surface area contributed by atoms with E-state index in [9.17, 15) is 0 Å². The Morgan fingerprint density at radius 3 is 3.25 bits per heavy atom. The maximum Gasteiger partial charge on any atom is 0.0688 e. The van der Waals surface area contributed by atoms with Gasteiger partial charge in [0.15, 0.2) is 0 Å². The molecule has 1 N–H and O–H groups in total. The van der Waals surface area contributed by atoms with Crippen LogP contribution in [0.15, 0.2) is 35.2 Å². The summed E-state index contributed by atoms with van der Waals surface area (Å²) in [5.74, 6) is 0. The largest absolute Gasteiger partial charge is 0.376 e. The van der Waals surface area contributed by atoms with E-state index in [0.717, 1.165) is 0 Å². The van der Waals surface area contributed by atoms with Gasteiger partial charge in [0.2, 0.25) is 0 Å². The van der Waals surface area contributed by atoms with Gasteiger partial charge in [0.1, 0.15) is 0 Å². The van der Waals surface area contributed by atoms with Gasteiger partial charge in [-0.1, -0.05) is 6.07 Å². The van der Waals surface area contributed by atoms with Crippen LogP contribution in [0.25, 0.3) is 0 Å². The molecule has 0 amide bonds. The number of fused-ring (bicyclic) bond motifs is 1. The smallest absolute Gasteiger partial charge is 0.0688 e. The van der Waals surface area contributed by atoms with Crippen molar-refractivity contribution in [1.29, 1.82) is 0 Å². The summed E-state index contributed by atoms with van der Waals surface area (Å²) in [5, 5.41) is 7.82. The number of thiophene rings is 1. The van der Waals surface area contributed by atoms with Crippen LogP contribution in [-0.2, 0) is 6.42 Å². The number of anilines is 1. The number of rotatable bonds is 2. The number of aryl methyl sites for hydroxylation is 1. The van der Waals surface area contributed by atoms with Crippen molar-refractivity contribution in [3.05, 3.63) is 46.4 Å². The van der Waals surface area contributed by atoms with E-state index < -0.39 is 0 Å². The molecule has 82 valence electrons. The molecule has 0 fully saturated rings. The van der Waals surface area contributed by atoms with E-state index in [4.69, 9.17) is 0 Å². The van der Waals surface area contributed by atoms with Crippen LogP contribution in [0.5, 0.6) is 0 Å². The van der Waals surface area contributed by atoms with Crippen LogP contribution >= 0.6 is 11.3 Å². The van der Waals surface area contributed by atoms with Crippen LogP contribution in [0, 0.1) is 0 Å². The minimum Gasteiger partial charge on any atom is -0.376 e. The quantitative estimate of drug-likeness (QED) is 0.852. The Balaban J connectivity index is 1.87. The molecule has 1 unspecified atom stereocenters. The van der Waals surface area contributed by atoms with E-state index in [0.29, 0.717) is 6.04 Å². The Kier molecular flexibility index (Phi) is 2.62. The van der Waals surface area contributed by atoms with Crippen molar-refractivity contribution < 1.29 is 0 Å². The standard InChI is InChI=1S/C13H14N2S/c1-3-10-4-2-7-14-13(10)12(5-1)15-11-6-8-16-9-11/h2,4,6-9,12,15H,1,3,5H2. The highest BCUT2D eigenvalue weighted by molar-refractivity contribution is 7.08. The fourth-order valence-electron chi connectivity index (χ4n) is 2.30. The lowest BCUT2D eigenvalue weighted by Crippen LogP contribution is -2.18. The second-order valence-electron chi connectivity index (χ2n) is 4.15. The third kappa shape index (κ3) is 1.83. The number of pyridine rings is 1. The van der Waals surface area contributed by atoms with Crippen LogP contribution in [0.3, 0.4) is 0 Å². The fraction of sp³-hybridized carbons (Fsp3) is 0.308. The molecule has 0 saturated carbocycles. The molecule has 2 aromatic rings. The Labute approximate surface area is 99.4 Å². The summed E-state index contributed by atoms with van der Waals surface area (Å²) in [6, 6.07) is 6.75. The molecule has 2 heterocycles. The summed E-state index contributed by atoms with van der Waals surface area (Å²) in [4.78, 5) is 4.52. The topological polar surface area (TPSA) is 24.9 Å². The van der Waals surface area contributed by atoms with Gasteiger partial charge < -0.3 is 5.32 Å². The molecular formula is C13H14N2S. The zero-order valence-electron chi connectivity index (χ0n) is 9.02. The third-order valence-electron chi connectivity index (χ3n) is 3.06. The molecular weight excluding hydrogens is 216 g/mol. The van der Waals surface area contributed by atoms with Crippen molar-refractivity contribution in [2.45, 2.75) is 25.3 Å². The Morgan fingerprint density at radius 1 is 1.38 bits per heavy atom. The Hall–Kier alpha value is -1.35. The molecule has 0 spiro atoms. The average molecular weight is 230 g/mol. The fourth-order valence-corrected chi connectivity index (χ4v) is 2.89. The molecule has 1 aliphatic carbocycles. The highest BCUT2D eigenvalue weighted by Crippen LogP contribution is 2.31. The molecule has 1 aliphatic rings. The van der Waals surface area contributed by atoms with Crippen LogP contribution in [0.4, 0.5) is 5.69 Å². The second-order valence-corrected chi connectivity index (χ2v) is 4.93. The lowest BCUT2D eigenvalue weighted by molar-refractivity contribution is 0.583. The summed E-state index contributed by atoms with van der Waals surface area (Å²) in [7, 11) is 0. The van der Waals surface area contributed by atoms with Crippen molar-refractivity contribution in [3.8, 4) is 0 Å². The first kappa shape index (κ1) is 9.85. The van der Waals surface area contributed by atoms with Gasteiger partial charge in [0.25, 0.3) is 0 Å². The van der Waals surface area contributed by atoms with Crippen molar-refractivity contribution in [2.24, 2.45) is 0 Å². The maximum atomic E-state index is 4.52. The van der Waals surface area contributed by atoms with Gasteiger partial charge in [0.05, 0.1) is 11.7 Å². The van der Waals surface area contributed by atoms with Crippen molar-refractivity contribution in [2.75, 3.05) is 5.32 Å². The molecule has 3 heteroatoms. The summed E-state index contributed by atoms with van der Waals surface area (Å²) in [5.41, 5.74) is 3.86. The van der Waals surface area contributed by atoms with Crippen molar-refractivity contribution in [1.82, 2.24) is 4.98 Å². The van der Waals surface area contributed by atoms with E-state index in [1.165, 1.54) is 36.2 Å². The minimum atomic E-state index is 0.388. The molecule has 0 aromatic carbocycles. The normalized spacial score (nSPS) is 19.1. The first-order chi connectivity index (χ1) is 7.93. The monoisotopic (exact) mass is 230 g/mol. The SMILES string of the molecule is c1cnc2c(c1)CCCC2Nc1ccsc1. The number of nitrogens with zero attached hydrogens (tertiary/aromatic N) is 1. The first-order valence-corrected chi connectivity index (χ1v) is 6.60. The molecule has 0 aliphatic heterocycles. The lowest BCUT2D eigenvalue weighted by Gasteiger charge is -2.25. The van der Waals surface area contributed by atoms with Gasteiger partial charge in [-0.2, -0.15) is 11.3 Å². The molecule has 0 saturated heterocycles. The molecule has 0 bridgehead atoms. The van der Waals surface area contributed by atoms with Crippen molar-refractivity contribution in [3.63, 3.8) is 0 Å². The van der Waals surface area contributed by atoms with Crippen LogP contribution in [0.2, 0.25) is 0 Å². The molecule has 2 aromatic heterocycles. The summed E-state index contributed by atoms with van der Waals surface area (Å²) in [6.07, 6.45) is 5.50. The van der Waals surface area contributed by atoms with Gasteiger partial charge in [-0.15, -0.1) is 0 Å². The predicted octanol–water partition coefficient (Wildman–Crippen LogP) is 3.63. The van der Waals surface area contributed by atoms with Gasteiger partial charge in [-0.3, -0.25) is 4.98 Å². The van der Waals surface area contributed by atoms with E-state index in [2.05, 4.69) is 33.2 Å². The molecule has 1 atom stereocenters. The van der Waals surface area contributed by atoms with Crippen LogP contribution < -0.4 is 5.32 Å². The highest BCUT2D eigenvalue weighted by atomic mass is 32.1. The number of hydrogen-bond donors (Lipinski definition) is 1. The molecule has 3 rings (SSSR count). The molecule has 2 nitrogen and oxygen atoms in total. The minimum absolute atomic E-state index is 0.388. The Bertz CT molecular complexity index is 465.